The normalized spacial score (nSPS) is 11.8. The van der Waals surface area contributed by atoms with Crippen molar-refractivity contribution in [2.24, 2.45) is 0 Å². The van der Waals surface area contributed by atoms with Crippen LogP contribution in [0.1, 0.15) is 29.3 Å². The standard InChI is InChI=1S/C18H17N3O4S/c1-11(24-18(22)14-5-4-10-19-17(14)26-3)15-20-21-16(25-15)12-6-8-13(23-2)9-7-12/h4-11H,1-3H3/t11-/m1/s1. The van der Waals surface area contributed by atoms with Crippen molar-refractivity contribution < 1.29 is 18.7 Å². The molecule has 7 nitrogen and oxygen atoms in total. The lowest BCUT2D eigenvalue weighted by atomic mass is 10.2. The Labute approximate surface area is 154 Å². The molecule has 0 spiro atoms. The third kappa shape index (κ3) is 3.85. The molecule has 3 rings (SSSR count). The minimum atomic E-state index is -0.683. The number of rotatable bonds is 6. The van der Waals surface area contributed by atoms with Gasteiger partial charge in [-0.15, -0.1) is 22.0 Å². The molecule has 134 valence electrons. The Hall–Kier alpha value is -2.87. The highest BCUT2D eigenvalue weighted by atomic mass is 32.2. The molecule has 0 saturated heterocycles. The first-order chi connectivity index (χ1) is 12.6. The molecule has 0 saturated carbocycles. The molecular formula is C18H17N3O4S. The van der Waals surface area contributed by atoms with Crippen LogP contribution in [0, 0.1) is 0 Å². The molecule has 0 bridgehead atoms. The molecular weight excluding hydrogens is 354 g/mol. The number of methoxy groups -OCH3 is 1. The lowest BCUT2D eigenvalue weighted by molar-refractivity contribution is 0.0275. The third-order valence-corrected chi connectivity index (χ3v) is 4.31. The number of aromatic nitrogens is 3. The smallest absolute Gasteiger partial charge is 0.341 e. The largest absolute Gasteiger partial charge is 0.497 e. The average molecular weight is 371 g/mol. The van der Waals surface area contributed by atoms with Crippen LogP contribution < -0.4 is 4.74 Å². The highest BCUT2D eigenvalue weighted by Gasteiger charge is 2.21. The number of hydrogen-bond donors (Lipinski definition) is 0. The molecule has 1 aromatic carbocycles. The Kier molecular flexibility index (Phi) is 5.52. The average Bonchev–Trinajstić information content (AvgIpc) is 3.18. The van der Waals surface area contributed by atoms with Crippen LogP contribution in [0.15, 0.2) is 52.0 Å². The van der Waals surface area contributed by atoms with Crippen LogP contribution >= 0.6 is 11.8 Å². The molecule has 2 aromatic heterocycles. The lowest BCUT2D eigenvalue weighted by Gasteiger charge is -2.10. The van der Waals surface area contributed by atoms with Gasteiger partial charge in [0, 0.05) is 11.8 Å². The molecule has 26 heavy (non-hydrogen) atoms. The van der Waals surface area contributed by atoms with E-state index >= 15 is 0 Å². The number of esters is 1. The molecule has 0 unspecified atom stereocenters. The molecule has 0 aliphatic heterocycles. The zero-order valence-electron chi connectivity index (χ0n) is 14.5. The minimum Gasteiger partial charge on any atom is -0.497 e. The van der Waals surface area contributed by atoms with Gasteiger partial charge in [0.1, 0.15) is 10.8 Å². The van der Waals surface area contributed by atoms with Gasteiger partial charge < -0.3 is 13.9 Å². The minimum absolute atomic E-state index is 0.221. The van der Waals surface area contributed by atoms with Crippen molar-refractivity contribution >= 4 is 17.7 Å². The van der Waals surface area contributed by atoms with E-state index in [9.17, 15) is 4.79 Å². The van der Waals surface area contributed by atoms with E-state index in [1.54, 1.807) is 44.5 Å². The molecule has 0 fully saturated rings. The summed E-state index contributed by atoms with van der Waals surface area (Å²) >= 11 is 1.38. The van der Waals surface area contributed by atoms with Crippen LogP contribution in [0.25, 0.3) is 11.5 Å². The maximum absolute atomic E-state index is 12.4. The van der Waals surface area contributed by atoms with Gasteiger partial charge in [0.25, 0.3) is 5.89 Å². The van der Waals surface area contributed by atoms with E-state index < -0.39 is 12.1 Å². The lowest BCUT2D eigenvalue weighted by Crippen LogP contribution is -2.11. The molecule has 8 heteroatoms. The number of pyridine rings is 1. The number of hydrogen-bond acceptors (Lipinski definition) is 8. The zero-order chi connectivity index (χ0) is 18.5. The number of carbonyl (C=O) groups excluding carboxylic acids is 1. The first-order valence-electron chi connectivity index (χ1n) is 7.80. The fourth-order valence-corrected chi connectivity index (χ4v) is 2.77. The van der Waals surface area contributed by atoms with Crippen molar-refractivity contribution in [2.75, 3.05) is 13.4 Å². The molecule has 0 aliphatic rings. The number of thioether (sulfide) groups is 1. The van der Waals surface area contributed by atoms with Crippen LogP contribution in [-0.4, -0.2) is 34.5 Å². The number of benzene rings is 1. The molecule has 1 atom stereocenters. The maximum atomic E-state index is 12.4. The Balaban J connectivity index is 1.73. The second kappa shape index (κ2) is 8.01. The Bertz CT molecular complexity index is 895. The highest BCUT2D eigenvalue weighted by Crippen LogP contribution is 2.25. The first-order valence-corrected chi connectivity index (χ1v) is 9.02. The predicted molar refractivity (Wildman–Crippen MR) is 96.1 cm³/mol. The quantitative estimate of drug-likeness (QED) is 0.478. The Morgan fingerprint density at radius 1 is 1.19 bits per heavy atom. The van der Waals surface area contributed by atoms with Gasteiger partial charge in [-0.25, -0.2) is 9.78 Å². The fourth-order valence-electron chi connectivity index (χ4n) is 2.23. The molecule has 0 aliphatic carbocycles. The van der Waals surface area contributed by atoms with E-state index in [0.717, 1.165) is 11.3 Å². The van der Waals surface area contributed by atoms with Gasteiger partial charge in [-0.2, -0.15) is 0 Å². The summed E-state index contributed by atoms with van der Waals surface area (Å²) in [4.78, 5) is 16.5. The van der Waals surface area contributed by atoms with Gasteiger partial charge in [0.15, 0.2) is 6.10 Å². The number of nitrogens with zero attached hydrogens (tertiary/aromatic N) is 3. The van der Waals surface area contributed by atoms with E-state index in [-0.39, 0.29) is 5.89 Å². The summed E-state index contributed by atoms with van der Waals surface area (Å²) in [5.41, 5.74) is 1.15. The second-order valence-electron chi connectivity index (χ2n) is 5.28. The Morgan fingerprint density at radius 2 is 1.96 bits per heavy atom. The summed E-state index contributed by atoms with van der Waals surface area (Å²) in [6, 6.07) is 10.6. The van der Waals surface area contributed by atoms with Crippen LogP contribution in [0.5, 0.6) is 5.75 Å². The summed E-state index contributed by atoms with van der Waals surface area (Å²) in [5.74, 6) is 0.812. The number of carbonyl (C=O) groups is 1. The second-order valence-corrected chi connectivity index (χ2v) is 6.08. The van der Waals surface area contributed by atoms with Crippen LogP contribution in [-0.2, 0) is 4.74 Å². The SMILES string of the molecule is COc1ccc(-c2nnc([C@@H](C)OC(=O)c3cccnc3SC)o2)cc1. The van der Waals surface area contributed by atoms with Crippen molar-refractivity contribution in [1.29, 1.82) is 0 Å². The maximum Gasteiger partial charge on any atom is 0.341 e. The van der Waals surface area contributed by atoms with Crippen molar-refractivity contribution in [1.82, 2.24) is 15.2 Å². The van der Waals surface area contributed by atoms with E-state index in [1.807, 2.05) is 18.4 Å². The molecule has 0 N–H and O–H groups in total. The van der Waals surface area contributed by atoms with Crippen molar-refractivity contribution in [2.45, 2.75) is 18.1 Å². The van der Waals surface area contributed by atoms with Gasteiger partial charge in [0.2, 0.25) is 5.89 Å². The van der Waals surface area contributed by atoms with Crippen molar-refractivity contribution in [3.8, 4) is 17.2 Å². The van der Waals surface area contributed by atoms with E-state index in [2.05, 4.69) is 15.2 Å². The fraction of sp³-hybridized carbons (Fsp3) is 0.222. The summed E-state index contributed by atoms with van der Waals surface area (Å²) in [5, 5.41) is 8.60. The van der Waals surface area contributed by atoms with E-state index in [1.165, 1.54) is 11.8 Å². The molecule has 0 radical (unpaired) electrons. The van der Waals surface area contributed by atoms with Gasteiger partial charge in [-0.1, -0.05) is 0 Å². The summed E-state index contributed by atoms with van der Waals surface area (Å²) in [6.07, 6.45) is 2.80. The van der Waals surface area contributed by atoms with Crippen LogP contribution in [0.2, 0.25) is 0 Å². The van der Waals surface area contributed by atoms with E-state index in [4.69, 9.17) is 13.9 Å². The summed E-state index contributed by atoms with van der Waals surface area (Å²) in [7, 11) is 1.60. The van der Waals surface area contributed by atoms with Crippen molar-refractivity contribution in [3.63, 3.8) is 0 Å². The van der Waals surface area contributed by atoms with Crippen molar-refractivity contribution in [3.05, 3.63) is 54.0 Å². The zero-order valence-corrected chi connectivity index (χ0v) is 15.3. The van der Waals surface area contributed by atoms with Gasteiger partial charge in [-0.3, -0.25) is 0 Å². The highest BCUT2D eigenvalue weighted by molar-refractivity contribution is 7.98. The first kappa shape index (κ1) is 17.9. The molecule has 3 aromatic rings. The van der Waals surface area contributed by atoms with Gasteiger partial charge in [-0.05, 0) is 49.6 Å². The predicted octanol–water partition coefficient (Wildman–Crippen LogP) is 3.78. The molecule has 0 amide bonds. The summed E-state index contributed by atoms with van der Waals surface area (Å²) in [6.45, 7) is 1.68. The van der Waals surface area contributed by atoms with Crippen LogP contribution in [0.3, 0.4) is 0 Å². The summed E-state index contributed by atoms with van der Waals surface area (Å²) < 4.78 is 16.2. The van der Waals surface area contributed by atoms with Gasteiger partial charge >= 0.3 is 5.97 Å². The topological polar surface area (TPSA) is 87.3 Å². The number of ether oxygens (including phenoxy) is 2. The van der Waals surface area contributed by atoms with E-state index in [0.29, 0.717) is 16.5 Å². The van der Waals surface area contributed by atoms with Gasteiger partial charge in [0.05, 0.1) is 12.7 Å². The molecule has 2 heterocycles. The van der Waals surface area contributed by atoms with Crippen LogP contribution in [0.4, 0.5) is 0 Å². The Morgan fingerprint density at radius 3 is 2.65 bits per heavy atom. The monoisotopic (exact) mass is 371 g/mol. The third-order valence-electron chi connectivity index (χ3n) is 3.59.